The van der Waals surface area contributed by atoms with Crippen molar-refractivity contribution in [2.45, 2.75) is 6.92 Å². The number of hydrogen-bond acceptors (Lipinski definition) is 6. The monoisotopic (exact) mass is 480 g/mol. The quantitative estimate of drug-likeness (QED) is 0.476. The van der Waals surface area contributed by atoms with Gasteiger partial charge in [0.05, 0.1) is 0 Å². The van der Waals surface area contributed by atoms with Crippen molar-refractivity contribution in [2.75, 3.05) is 36.4 Å². The van der Waals surface area contributed by atoms with Crippen LogP contribution in [0, 0.1) is 6.92 Å². The van der Waals surface area contributed by atoms with Gasteiger partial charge in [0.1, 0.15) is 10.8 Å². The molecule has 1 N–H and O–H groups in total. The van der Waals surface area contributed by atoms with Crippen LogP contribution >= 0.6 is 22.9 Å². The number of fused-ring (bicyclic) bond motifs is 1. The van der Waals surface area contributed by atoms with Crippen LogP contribution in [0.1, 0.15) is 5.56 Å². The standard InChI is InChI=1S/C23H21ClN6O2S/c1-15-3-2-4-16(13-15)21-27-30-20(31)14-19(26-23(30)33-21)28-9-11-29(12-10-28)22(32)25-18-7-5-17(24)6-8-18/h2-8,13-14H,9-12H2,1H3,(H,25,32). The maximum absolute atomic E-state index is 12.7. The highest BCUT2D eigenvalue weighted by Gasteiger charge is 2.23. The van der Waals surface area contributed by atoms with E-state index in [0.29, 0.717) is 47.7 Å². The fourth-order valence-corrected chi connectivity index (χ4v) is 4.75. The van der Waals surface area contributed by atoms with E-state index in [1.54, 1.807) is 29.2 Å². The lowest BCUT2D eigenvalue weighted by molar-refractivity contribution is 0.208. The number of carbonyl (C=O) groups is 1. The highest BCUT2D eigenvalue weighted by molar-refractivity contribution is 7.19. The molecule has 0 spiro atoms. The number of hydrogen-bond donors (Lipinski definition) is 1. The Kier molecular flexibility index (Phi) is 5.74. The third kappa shape index (κ3) is 4.55. The summed E-state index contributed by atoms with van der Waals surface area (Å²) in [5, 5.41) is 8.72. The molecule has 33 heavy (non-hydrogen) atoms. The maximum atomic E-state index is 12.7. The topological polar surface area (TPSA) is 82.8 Å². The van der Waals surface area contributed by atoms with Gasteiger partial charge in [0.25, 0.3) is 5.56 Å². The van der Waals surface area contributed by atoms with E-state index in [-0.39, 0.29) is 11.6 Å². The molecule has 1 saturated heterocycles. The van der Waals surface area contributed by atoms with Crippen molar-refractivity contribution in [1.29, 1.82) is 0 Å². The molecule has 8 nitrogen and oxygen atoms in total. The minimum Gasteiger partial charge on any atom is -0.353 e. The van der Waals surface area contributed by atoms with E-state index in [9.17, 15) is 9.59 Å². The number of benzene rings is 2. The van der Waals surface area contributed by atoms with Crippen molar-refractivity contribution in [3.05, 3.63) is 75.5 Å². The molecule has 3 heterocycles. The third-order valence-corrected chi connectivity index (χ3v) is 6.69. The first-order valence-corrected chi connectivity index (χ1v) is 11.7. The summed E-state index contributed by atoms with van der Waals surface area (Å²) in [4.78, 5) is 34.3. The molecule has 168 valence electrons. The fourth-order valence-electron chi connectivity index (χ4n) is 3.73. The van der Waals surface area contributed by atoms with Gasteiger partial charge in [-0.2, -0.15) is 9.61 Å². The Balaban J connectivity index is 1.29. The summed E-state index contributed by atoms with van der Waals surface area (Å²) in [5.41, 5.74) is 2.58. The van der Waals surface area contributed by atoms with Gasteiger partial charge in [-0.3, -0.25) is 4.79 Å². The van der Waals surface area contributed by atoms with Crippen LogP contribution in [0.2, 0.25) is 5.02 Å². The van der Waals surface area contributed by atoms with Crippen LogP contribution in [0.4, 0.5) is 16.3 Å². The zero-order chi connectivity index (χ0) is 22.9. The molecule has 2 aromatic heterocycles. The minimum absolute atomic E-state index is 0.161. The van der Waals surface area contributed by atoms with Crippen LogP contribution < -0.4 is 15.8 Å². The van der Waals surface area contributed by atoms with Crippen molar-refractivity contribution >= 4 is 45.4 Å². The summed E-state index contributed by atoms with van der Waals surface area (Å²) < 4.78 is 1.35. The number of piperazine rings is 1. The molecule has 2 amide bonds. The molecule has 1 fully saturated rings. The SMILES string of the molecule is Cc1cccc(-c2nn3c(=O)cc(N4CCN(C(=O)Nc5ccc(Cl)cc5)CC4)nc3s2)c1. The van der Waals surface area contributed by atoms with Crippen LogP contribution in [-0.4, -0.2) is 51.7 Å². The summed E-state index contributed by atoms with van der Waals surface area (Å²) in [7, 11) is 0. The van der Waals surface area contributed by atoms with Gasteiger partial charge >= 0.3 is 6.03 Å². The number of nitrogens with zero attached hydrogens (tertiary/aromatic N) is 5. The van der Waals surface area contributed by atoms with Gasteiger partial charge in [0.2, 0.25) is 4.96 Å². The Morgan fingerprint density at radius 1 is 1.06 bits per heavy atom. The first kappa shape index (κ1) is 21.4. The first-order valence-electron chi connectivity index (χ1n) is 10.5. The Labute approximate surface area is 199 Å². The molecule has 2 aromatic carbocycles. The zero-order valence-electron chi connectivity index (χ0n) is 17.9. The molecule has 10 heteroatoms. The maximum Gasteiger partial charge on any atom is 0.321 e. The molecule has 5 rings (SSSR count). The molecular formula is C23H21ClN6O2S. The number of amides is 2. The van der Waals surface area contributed by atoms with E-state index in [1.807, 2.05) is 36.1 Å². The predicted molar refractivity (Wildman–Crippen MR) is 132 cm³/mol. The van der Waals surface area contributed by atoms with Gasteiger partial charge in [0.15, 0.2) is 0 Å². The smallest absolute Gasteiger partial charge is 0.321 e. The van der Waals surface area contributed by atoms with Gasteiger partial charge in [-0.15, -0.1) is 0 Å². The van der Waals surface area contributed by atoms with Gasteiger partial charge in [-0.1, -0.05) is 46.7 Å². The van der Waals surface area contributed by atoms with Gasteiger partial charge < -0.3 is 15.1 Å². The number of anilines is 2. The van der Waals surface area contributed by atoms with Crippen LogP contribution in [0.15, 0.2) is 59.4 Å². The van der Waals surface area contributed by atoms with Crippen molar-refractivity contribution in [3.8, 4) is 10.6 Å². The summed E-state index contributed by atoms with van der Waals surface area (Å²) >= 11 is 7.29. The number of rotatable bonds is 3. The second kappa shape index (κ2) is 8.84. The first-order chi connectivity index (χ1) is 16.0. The number of urea groups is 1. The Hall–Kier alpha value is -3.43. The van der Waals surface area contributed by atoms with Crippen LogP contribution in [0.5, 0.6) is 0 Å². The van der Waals surface area contributed by atoms with Crippen LogP contribution in [0.3, 0.4) is 0 Å². The summed E-state index contributed by atoms with van der Waals surface area (Å²) in [6, 6.07) is 16.4. The van der Waals surface area contributed by atoms with Crippen molar-refractivity contribution in [2.24, 2.45) is 0 Å². The van der Waals surface area contributed by atoms with Gasteiger partial charge in [-0.05, 0) is 37.3 Å². The molecule has 4 aromatic rings. The van der Waals surface area contributed by atoms with E-state index in [1.165, 1.54) is 21.9 Å². The lowest BCUT2D eigenvalue weighted by Crippen LogP contribution is -2.50. The van der Waals surface area contributed by atoms with E-state index in [2.05, 4.69) is 15.4 Å². The zero-order valence-corrected chi connectivity index (χ0v) is 19.4. The second-order valence-corrected chi connectivity index (χ2v) is 9.23. The van der Waals surface area contributed by atoms with E-state index < -0.39 is 0 Å². The summed E-state index contributed by atoms with van der Waals surface area (Å²) in [6.07, 6.45) is 0. The fraction of sp³-hybridized carbons (Fsp3) is 0.217. The minimum atomic E-state index is -0.215. The molecule has 0 saturated carbocycles. The molecule has 0 unspecified atom stereocenters. The predicted octanol–water partition coefficient (Wildman–Crippen LogP) is 4.13. The summed E-state index contributed by atoms with van der Waals surface area (Å²) in [6.45, 7) is 4.24. The van der Waals surface area contributed by atoms with E-state index >= 15 is 0 Å². The summed E-state index contributed by atoms with van der Waals surface area (Å²) in [5.74, 6) is 0.609. The van der Waals surface area contributed by atoms with Gasteiger partial charge in [-0.25, -0.2) is 9.78 Å². The number of aromatic nitrogens is 3. The molecule has 0 atom stereocenters. The lowest BCUT2D eigenvalue weighted by Gasteiger charge is -2.35. The Morgan fingerprint density at radius 3 is 2.55 bits per heavy atom. The Morgan fingerprint density at radius 2 is 1.82 bits per heavy atom. The average molecular weight is 481 g/mol. The highest BCUT2D eigenvalue weighted by atomic mass is 35.5. The molecule has 0 bridgehead atoms. The van der Waals surface area contributed by atoms with Crippen molar-refractivity contribution in [3.63, 3.8) is 0 Å². The average Bonchev–Trinajstić information content (AvgIpc) is 3.26. The molecule has 0 aliphatic carbocycles. The van der Waals surface area contributed by atoms with Crippen molar-refractivity contribution in [1.82, 2.24) is 19.5 Å². The number of nitrogens with one attached hydrogen (secondary N) is 1. The number of halogens is 1. The van der Waals surface area contributed by atoms with E-state index in [4.69, 9.17) is 11.6 Å². The molecule has 0 radical (unpaired) electrons. The highest BCUT2D eigenvalue weighted by Crippen LogP contribution is 2.26. The second-order valence-electron chi connectivity index (χ2n) is 7.83. The van der Waals surface area contributed by atoms with E-state index in [0.717, 1.165) is 16.1 Å². The number of carbonyl (C=O) groups excluding carboxylic acids is 1. The number of aryl methyl sites for hydroxylation is 1. The molecule has 1 aliphatic heterocycles. The molecule has 1 aliphatic rings. The Bertz CT molecular complexity index is 1380. The normalized spacial score (nSPS) is 14.0. The third-order valence-electron chi connectivity index (χ3n) is 5.48. The molecular weight excluding hydrogens is 460 g/mol. The largest absolute Gasteiger partial charge is 0.353 e. The lowest BCUT2D eigenvalue weighted by atomic mass is 10.1. The van der Waals surface area contributed by atoms with Crippen LogP contribution in [-0.2, 0) is 0 Å². The van der Waals surface area contributed by atoms with Crippen LogP contribution in [0.25, 0.3) is 15.5 Å². The van der Waals surface area contributed by atoms with Crippen molar-refractivity contribution < 1.29 is 4.79 Å². The van der Waals surface area contributed by atoms with Gasteiger partial charge in [0, 0.05) is 48.5 Å².